The first-order valence-corrected chi connectivity index (χ1v) is 4.66. The molecule has 2 N–H and O–H groups in total. The molecule has 0 aromatic heterocycles. The van der Waals surface area contributed by atoms with E-state index in [2.05, 4.69) is 5.32 Å². The molecule has 0 aromatic carbocycles. The molecule has 0 aliphatic heterocycles. The van der Waals surface area contributed by atoms with Crippen LogP contribution in [0.4, 0.5) is 0 Å². The first-order chi connectivity index (χ1) is 4.52. The van der Waals surface area contributed by atoms with Gasteiger partial charge in [0.15, 0.2) is 0 Å². The normalized spacial score (nSPS) is 15.1. The van der Waals surface area contributed by atoms with E-state index in [-0.39, 0.29) is 0 Å². The highest BCUT2D eigenvalue weighted by atomic mass is 32.2. The smallest absolute Gasteiger partial charge is 0.281 e. The maximum Gasteiger partial charge on any atom is 0.281 e. The number of rotatable bonds is 4. The predicted molar refractivity (Wildman–Crippen MR) is 39.3 cm³/mol. The summed E-state index contributed by atoms with van der Waals surface area (Å²) in [5.74, 6) is 0. The molecule has 0 rings (SSSR count). The predicted octanol–water partition coefficient (Wildman–Crippen LogP) is 0.220. The van der Waals surface area contributed by atoms with Gasteiger partial charge in [-0.3, -0.25) is 4.55 Å². The molecule has 5 heteroatoms. The quantitative estimate of drug-likeness (QED) is 0.588. The summed E-state index contributed by atoms with van der Waals surface area (Å²) in [4.78, 5) is 0. The fraction of sp³-hybridized carbons (Fsp3) is 1.00. The second-order valence-electron chi connectivity index (χ2n) is 2.08. The van der Waals surface area contributed by atoms with E-state index in [1.54, 1.807) is 0 Å². The lowest BCUT2D eigenvalue weighted by Crippen LogP contribution is -2.33. The first-order valence-electron chi connectivity index (χ1n) is 3.16. The highest BCUT2D eigenvalue weighted by Gasteiger charge is 2.18. The second-order valence-corrected chi connectivity index (χ2v) is 3.68. The van der Waals surface area contributed by atoms with Crippen molar-refractivity contribution in [2.45, 2.75) is 25.1 Å². The highest BCUT2D eigenvalue weighted by Crippen LogP contribution is 2.01. The fourth-order valence-electron chi connectivity index (χ4n) is 0.704. The molecule has 0 aromatic rings. The van der Waals surface area contributed by atoms with Crippen molar-refractivity contribution in [2.24, 2.45) is 0 Å². The van der Waals surface area contributed by atoms with Crippen LogP contribution in [-0.2, 0) is 10.1 Å². The summed E-state index contributed by atoms with van der Waals surface area (Å²) in [5.41, 5.74) is 0. The molecular weight excluding hydrogens is 154 g/mol. The van der Waals surface area contributed by atoms with Crippen molar-refractivity contribution >= 4 is 10.1 Å². The molecule has 1 atom stereocenters. The molecule has 0 saturated carbocycles. The van der Waals surface area contributed by atoms with Gasteiger partial charge in [-0.1, -0.05) is 13.3 Å². The molecule has 0 radical (unpaired) electrons. The number of hydrogen-bond donors (Lipinski definition) is 2. The zero-order valence-corrected chi connectivity index (χ0v) is 6.98. The molecule has 0 amide bonds. The van der Waals surface area contributed by atoms with Crippen LogP contribution in [0, 0.1) is 0 Å². The average Bonchev–Trinajstić information content (AvgIpc) is 1.80. The Morgan fingerprint density at radius 2 is 2.10 bits per heavy atom. The third-order valence-corrected chi connectivity index (χ3v) is 2.42. The van der Waals surface area contributed by atoms with Crippen LogP contribution in [0.5, 0.6) is 0 Å². The van der Waals surface area contributed by atoms with Crippen molar-refractivity contribution in [1.82, 2.24) is 5.32 Å². The molecule has 4 nitrogen and oxygen atoms in total. The molecule has 62 valence electrons. The highest BCUT2D eigenvalue weighted by molar-refractivity contribution is 7.86. The molecule has 0 heterocycles. The largest absolute Gasteiger partial charge is 0.302 e. The van der Waals surface area contributed by atoms with Crippen molar-refractivity contribution in [3.05, 3.63) is 0 Å². The van der Waals surface area contributed by atoms with Crippen molar-refractivity contribution in [3.63, 3.8) is 0 Å². The third-order valence-electron chi connectivity index (χ3n) is 1.23. The molecular formula is C5H13NO3S. The van der Waals surface area contributed by atoms with Crippen molar-refractivity contribution in [2.75, 3.05) is 7.05 Å². The minimum Gasteiger partial charge on any atom is -0.302 e. The van der Waals surface area contributed by atoms with E-state index in [1.807, 2.05) is 6.92 Å². The van der Waals surface area contributed by atoms with Crippen LogP contribution in [0.2, 0.25) is 0 Å². The second kappa shape index (κ2) is 3.90. The van der Waals surface area contributed by atoms with Crippen LogP contribution in [0.1, 0.15) is 19.8 Å². The van der Waals surface area contributed by atoms with Gasteiger partial charge in [0.1, 0.15) is 5.37 Å². The van der Waals surface area contributed by atoms with Crippen LogP contribution in [0.3, 0.4) is 0 Å². The van der Waals surface area contributed by atoms with Crippen LogP contribution in [0.15, 0.2) is 0 Å². The van der Waals surface area contributed by atoms with Crippen LogP contribution in [0.25, 0.3) is 0 Å². The van der Waals surface area contributed by atoms with E-state index in [0.29, 0.717) is 6.42 Å². The van der Waals surface area contributed by atoms with E-state index in [0.717, 1.165) is 6.42 Å². The lowest BCUT2D eigenvalue weighted by Gasteiger charge is -2.09. The topological polar surface area (TPSA) is 66.4 Å². The first kappa shape index (κ1) is 9.87. The summed E-state index contributed by atoms with van der Waals surface area (Å²) in [7, 11) is -2.38. The minimum absolute atomic E-state index is 0.440. The van der Waals surface area contributed by atoms with Gasteiger partial charge < -0.3 is 5.32 Å². The molecule has 0 aliphatic carbocycles. The van der Waals surface area contributed by atoms with Gasteiger partial charge in [-0.15, -0.1) is 0 Å². The Labute approximate surface area is 61.4 Å². The Hall–Kier alpha value is -0.130. The number of hydrogen-bond acceptors (Lipinski definition) is 3. The van der Waals surface area contributed by atoms with E-state index in [1.165, 1.54) is 7.05 Å². The van der Waals surface area contributed by atoms with E-state index < -0.39 is 15.5 Å². The summed E-state index contributed by atoms with van der Waals surface area (Å²) in [6, 6.07) is 0. The molecule has 0 spiro atoms. The van der Waals surface area contributed by atoms with Gasteiger partial charge in [0.25, 0.3) is 10.1 Å². The van der Waals surface area contributed by atoms with Gasteiger partial charge in [0.2, 0.25) is 0 Å². The van der Waals surface area contributed by atoms with Gasteiger partial charge in [-0.25, -0.2) is 0 Å². The lowest BCUT2D eigenvalue weighted by atomic mass is 10.3. The van der Waals surface area contributed by atoms with Gasteiger partial charge in [-0.05, 0) is 13.5 Å². The molecule has 0 saturated heterocycles. The van der Waals surface area contributed by atoms with E-state index in [4.69, 9.17) is 4.55 Å². The third kappa shape index (κ3) is 3.14. The Balaban J connectivity index is 4.08. The Morgan fingerprint density at radius 3 is 2.20 bits per heavy atom. The number of nitrogens with one attached hydrogen (secondary N) is 1. The summed E-state index contributed by atoms with van der Waals surface area (Å²) in [6.45, 7) is 1.86. The van der Waals surface area contributed by atoms with Crippen molar-refractivity contribution in [1.29, 1.82) is 0 Å². The molecule has 0 aliphatic rings. The minimum atomic E-state index is -3.89. The monoisotopic (exact) mass is 167 g/mol. The van der Waals surface area contributed by atoms with Crippen LogP contribution < -0.4 is 5.32 Å². The Bertz CT molecular complexity index is 175. The molecule has 10 heavy (non-hydrogen) atoms. The van der Waals surface area contributed by atoms with Crippen molar-refractivity contribution < 1.29 is 13.0 Å². The zero-order valence-electron chi connectivity index (χ0n) is 6.16. The van der Waals surface area contributed by atoms with Gasteiger partial charge in [-0.2, -0.15) is 8.42 Å². The molecule has 0 bridgehead atoms. The standard InChI is InChI=1S/C5H13NO3S/c1-3-4-5(6-2)10(7,8)9/h5-6H,3-4H2,1-2H3,(H,7,8,9). The summed E-state index contributed by atoms with van der Waals surface area (Å²) in [6.07, 6.45) is 1.17. The van der Waals surface area contributed by atoms with E-state index >= 15 is 0 Å². The lowest BCUT2D eigenvalue weighted by molar-refractivity contribution is 0.449. The van der Waals surface area contributed by atoms with Gasteiger partial charge >= 0.3 is 0 Å². The Morgan fingerprint density at radius 1 is 1.60 bits per heavy atom. The molecule has 0 fully saturated rings. The average molecular weight is 167 g/mol. The van der Waals surface area contributed by atoms with Crippen molar-refractivity contribution in [3.8, 4) is 0 Å². The Kier molecular flexibility index (Phi) is 3.85. The molecule has 1 unspecified atom stereocenters. The summed E-state index contributed by atoms with van der Waals surface area (Å²) < 4.78 is 29.4. The maximum atomic E-state index is 10.4. The van der Waals surface area contributed by atoms with Crippen LogP contribution in [-0.4, -0.2) is 25.4 Å². The van der Waals surface area contributed by atoms with Crippen LogP contribution >= 0.6 is 0 Å². The fourth-order valence-corrected chi connectivity index (χ4v) is 1.54. The maximum absolute atomic E-state index is 10.4. The van der Waals surface area contributed by atoms with Gasteiger partial charge in [0.05, 0.1) is 0 Å². The zero-order chi connectivity index (χ0) is 8.20. The van der Waals surface area contributed by atoms with E-state index in [9.17, 15) is 8.42 Å². The van der Waals surface area contributed by atoms with Gasteiger partial charge in [0, 0.05) is 0 Å². The summed E-state index contributed by atoms with van der Waals surface area (Å²) >= 11 is 0. The summed E-state index contributed by atoms with van der Waals surface area (Å²) in [5, 5.41) is 1.70. The SMILES string of the molecule is CCCC(NC)S(=O)(=O)O.